The summed E-state index contributed by atoms with van der Waals surface area (Å²) in [7, 11) is 0. The average molecular weight is 253 g/mol. The zero-order valence-electron chi connectivity index (χ0n) is 9.93. The van der Waals surface area contributed by atoms with Crippen molar-refractivity contribution in [3.63, 3.8) is 0 Å². The Morgan fingerprint density at radius 1 is 1.18 bits per heavy atom. The minimum atomic E-state index is 0.444. The number of nitrogen functional groups attached to an aromatic ring is 2. The maximum absolute atomic E-state index is 5.61. The molecule has 0 saturated carbocycles. The first-order chi connectivity index (χ1) is 8.24. The predicted octanol–water partition coefficient (Wildman–Crippen LogP) is 1.22. The van der Waals surface area contributed by atoms with Crippen LogP contribution in [0.25, 0.3) is 0 Å². The molecule has 4 N–H and O–H groups in total. The molecule has 1 aliphatic rings. The van der Waals surface area contributed by atoms with E-state index in [2.05, 4.69) is 14.9 Å². The molecule has 0 bridgehead atoms. The molecule has 0 amide bonds. The van der Waals surface area contributed by atoms with Gasteiger partial charge in [0, 0.05) is 11.8 Å². The fourth-order valence-corrected chi connectivity index (χ4v) is 2.78. The smallest absolute Gasteiger partial charge is 0.191 e. The first-order valence-corrected chi connectivity index (χ1v) is 6.98. The summed E-state index contributed by atoms with van der Waals surface area (Å²) in [5.74, 6) is 1.90. The van der Waals surface area contributed by atoms with Crippen molar-refractivity contribution in [3.8, 4) is 0 Å². The molecule has 5 nitrogen and oxygen atoms in total. The van der Waals surface area contributed by atoms with E-state index in [9.17, 15) is 0 Å². The lowest BCUT2D eigenvalue weighted by Crippen LogP contribution is -2.20. The van der Waals surface area contributed by atoms with Gasteiger partial charge >= 0.3 is 0 Å². The van der Waals surface area contributed by atoms with Crippen LogP contribution in [0, 0.1) is 0 Å². The van der Waals surface area contributed by atoms with Crippen LogP contribution < -0.4 is 11.5 Å². The molecular formula is C11H19N5S. The number of nitrogens with zero attached hydrogens (tertiary/aromatic N) is 3. The molecule has 0 aromatic carbocycles. The summed E-state index contributed by atoms with van der Waals surface area (Å²) in [6.45, 7) is 3.68. The first-order valence-electron chi connectivity index (χ1n) is 5.99. The molecule has 2 heterocycles. The third-order valence-corrected chi connectivity index (χ3v) is 3.73. The van der Waals surface area contributed by atoms with Crippen LogP contribution in [-0.4, -0.2) is 40.3 Å². The minimum Gasteiger partial charge on any atom is -0.383 e. The number of hydrogen-bond donors (Lipinski definition) is 2. The Balaban J connectivity index is 1.70. The van der Waals surface area contributed by atoms with Gasteiger partial charge in [-0.2, -0.15) is 0 Å². The molecule has 1 aromatic rings. The molecule has 0 unspecified atom stereocenters. The topological polar surface area (TPSA) is 81.1 Å². The van der Waals surface area contributed by atoms with Gasteiger partial charge < -0.3 is 16.4 Å². The van der Waals surface area contributed by atoms with Gasteiger partial charge in [-0.05, 0) is 38.9 Å². The van der Waals surface area contributed by atoms with E-state index in [0.717, 1.165) is 12.2 Å². The second-order valence-electron chi connectivity index (χ2n) is 4.25. The van der Waals surface area contributed by atoms with E-state index < -0.39 is 0 Å². The van der Waals surface area contributed by atoms with Crippen LogP contribution in [-0.2, 0) is 0 Å². The molecule has 2 rings (SSSR count). The molecular weight excluding hydrogens is 234 g/mol. The molecule has 1 aliphatic heterocycles. The average Bonchev–Trinajstić information content (AvgIpc) is 2.76. The van der Waals surface area contributed by atoms with Crippen molar-refractivity contribution in [1.29, 1.82) is 0 Å². The molecule has 0 spiro atoms. The third-order valence-electron chi connectivity index (χ3n) is 2.79. The Bertz CT molecular complexity index is 345. The number of hydrogen-bond acceptors (Lipinski definition) is 6. The summed E-state index contributed by atoms with van der Waals surface area (Å²) in [4.78, 5) is 10.8. The molecule has 1 saturated heterocycles. The Kier molecular flexibility index (Phi) is 4.44. The van der Waals surface area contributed by atoms with Gasteiger partial charge in [0.05, 0.1) is 0 Å². The molecule has 0 radical (unpaired) electrons. The summed E-state index contributed by atoms with van der Waals surface area (Å²) in [6.07, 6.45) is 3.85. The van der Waals surface area contributed by atoms with Crippen LogP contribution in [0.1, 0.15) is 19.3 Å². The molecule has 0 aliphatic carbocycles. The van der Waals surface area contributed by atoms with Crippen LogP contribution in [0.4, 0.5) is 11.6 Å². The summed E-state index contributed by atoms with van der Waals surface area (Å²) in [5, 5.41) is 0.684. The highest BCUT2D eigenvalue weighted by atomic mass is 32.2. The second kappa shape index (κ2) is 6.07. The van der Waals surface area contributed by atoms with E-state index >= 15 is 0 Å². The molecule has 1 aromatic heterocycles. The van der Waals surface area contributed by atoms with E-state index in [1.807, 2.05) is 0 Å². The van der Waals surface area contributed by atoms with Gasteiger partial charge in [0.15, 0.2) is 5.16 Å². The number of anilines is 2. The van der Waals surface area contributed by atoms with Gasteiger partial charge in [-0.15, -0.1) is 0 Å². The maximum Gasteiger partial charge on any atom is 0.191 e. The van der Waals surface area contributed by atoms with Crippen molar-refractivity contribution in [2.45, 2.75) is 24.4 Å². The SMILES string of the molecule is Nc1cc(N)nc(SCCCN2CCCC2)n1. The fraction of sp³-hybridized carbons (Fsp3) is 0.636. The maximum atomic E-state index is 5.61. The Morgan fingerprint density at radius 2 is 1.82 bits per heavy atom. The molecule has 94 valence electrons. The third kappa shape index (κ3) is 4.05. The molecule has 0 atom stereocenters. The van der Waals surface area contributed by atoms with Crippen molar-refractivity contribution in [1.82, 2.24) is 14.9 Å². The van der Waals surface area contributed by atoms with Gasteiger partial charge in [0.1, 0.15) is 11.6 Å². The normalized spacial score (nSPS) is 16.5. The first kappa shape index (κ1) is 12.4. The van der Waals surface area contributed by atoms with Crippen LogP contribution in [0.5, 0.6) is 0 Å². The number of nitrogens with two attached hydrogens (primary N) is 2. The van der Waals surface area contributed by atoms with Crippen LogP contribution in [0.15, 0.2) is 11.2 Å². The van der Waals surface area contributed by atoms with Gasteiger partial charge in [0.2, 0.25) is 0 Å². The largest absolute Gasteiger partial charge is 0.383 e. The Hall–Kier alpha value is -1.01. The van der Waals surface area contributed by atoms with E-state index in [-0.39, 0.29) is 0 Å². The highest BCUT2D eigenvalue weighted by Crippen LogP contribution is 2.17. The van der Waals surface area contributed by atoms with Crippen LogP contribution >= 0.6 is 11.8 Å². The van der Waals surface area contributed by atoms with E-state index in [4.69, 9.17) is 11.5 Å². The summed E-state index contributed by atoms with van der Waals surface area (Å²) in [5.41, 5.74) is 11.2. The van der Waals surface area contributed by atoms with Gasteiger partial charge in [-0.25, -0.2) is 9.97 Å². The second-order valence-corrected chi connectivity index (χ2v) is 5.31. The summed E-state index contributed by atoms with van der Waals surface area (Å²) in [6, 6.07) is 1.58. The monoisotopic (exact) mass is 253 g/mol. The lowest BCUT2D eigenvalue weighted by molar-refractivity contribution is 0.341. The molecule has 1 fully saturated rings. The fourth-order valence-electron chi connectivity index (χ4n) is 1.98. The molecule has 6 heteroatoms. The number of likely N-dealkylation sites (tertiary alicyclic amines) is 1. The lowest BCUT2D eigenvalue weighted by atomic mass is 10.4. The van der Waals surface area contributed by atoms with Gasteiger partial charge in [-0.3, -0.25) is 0 Å². The van der Waals surface area contributed by atoms with Crippen molar-refractivity contribution in [2.24, 2.45) is 0 Å². The number of thioether (sulfide) groups is 1. The van der Waals surface area contributed by atoms with Crippen molar-refractivity contribution in [2.75, 3.05) is 36.9 Å². The number of aromatic nitrogens is 2. The summed E-state index contributed by atoms with van der Waals surface area (Å²) >= 11 is 1.62. The van der Waals surface area contributed by atoms with Crippen molar-refractivity contribution in [3.05, 3.63) is 6.07 Å². The minimum absolute atomic E-state index is 0.444. The zero-order valence-corrected chi connectivity index (χ0v) is 10.7. The Labute approximate surface area is 106 Å². The van der Waals surface area contributed by atoms with E-state index in [1.54, 1.807) is 17.8 Å². The highest BCUT2D eigenvalue weighted by Gasteiger charge is 2.10. The van der Waals surface area contributed by atoms with Crippen LogP contribution in [0.3, 0.4) is 0 Å². The van der Waals surface area contributed by atoms with E-state index in [1.165, 1.54) is 32.5 Å². The van der Waals surface area contributed by atoms with Gasteiger partial charge in [-0.1, -0.05) is 11.8 Å². The quantitative estimate of drug-likeness (QED) is 0.466. The van der Waals surface area contributed by atoms with E-state index in [0.29, 0.717) is 16.8 Å². The van der Waals surface area contributed by atoms with Crippen molar-refractivity contribution >= 4 is 23.4 Å². The number of rotatable bonds is 5. The zero-order chi connectivity index (χ0) is 12.1. The van der Waals surface area contributed by atoms with Crippen LogP contribution in [0.2, 0.25) is 0 Å². The van der Waals surface area contributed by atoms with Gasteiger partial charge in [0.25, 0.3) is 0 Å². The summed E-state index contributed by atoms with van der Waals surface area (Å²) < 4.78 is 0. The lowest BCUT2D eigenvalue weighted by Gasteiger charge is -2.13. The predicted molar refractivity (Wildman–Crippen MR) is 71.9 cm³/mol. The standard InChI is InChI=1S/C11H19N5S/c12-9-8-10(13)15-11(14-9)17-7-3-6-16-4-1-2-5-16/h8H,1-7H2,(H4,12,13,14,15). The Morgan fingerprint density at radius 3 is 2.47 bits per heavy atom. The molecule has 17 heavy (non-hydrogen) atoms. The van der Waals surface area contributed by atoms with Crippen molar-refractivity contribution < 1.29 is 0 Å². The highest BCUT2D eigenvalue weighted by molar-refractivity contribution is 7.99.